The van der Waals surface area contributed by atoms with Crippen molar-refractivity contribution in [1.29, 1.82) is 0 Å². The van der Waals surface area contributed by atoms with Gasteiger partial charge in [-0.3, -0.25) is 9.67 Å². The van der Waals surface area contributed by atoms with Crippen molar-refractivity contribution in [3.8, 4) is 0 Å². The van der Waals surface area contributed by atoms with E-state index in [2.05, 4.69) is 10.2 Å². The number of hydrogen-bond acceptors (Lipinski definition) is 3. The van der Waals surface area contributed by atoms with Crippen molar-refractivity contribution < 1.29 is 4.42 Å². The van der Waals surface area contributed by atoms with Crippen molar-refractivity contribution in [1.82, 2.24) is 14.8 Å². The Morgan fingerprint density at radius 2 is 2.36 bits per heavy atom. The lowest BCUT2D eigenvalue weighted by Gasteiger charge is -2.01. The molecule has 0 fully saturated rings. The summed E-state index contributed by atoms with van der Waals surface area (Å²) >= 11 is 5.09. The molecule has 0 saturated heterocycles. The van der Waals surface area contributed by atoms with E-state index in [1.54, 1.807) is 6.26 Å². The number of hydrogen-bond donors (Lipinski definition) is 1. The van der Waals surface area contributed by atoms with Crippen LogP contribution in [-0.4, -0.2) is 14.8 Å². The molecule has 0 atom stereocenters. The lowest BCUT2D eigenvalue weighted by molar-refractivity contribution is 0.486. The van der Waals surface area contributed by atoms with Crippen molar-refractivity contribution in [2.45, 2.75) is 20.4 Å². The Balaban J connectivity index is 2.36. The number of H-pyrrole nitrogens is 1. The van der Waals surface area contributed by atoms with Crippen LogP contribution in [0.25, 0.3) is 0 Å². The Labute approximate surface area is 86.6 Å². The van der Waals surface area contributed by atoms with Crippen LogP contribution in [0.4, 0.5) is 0 Å². The maximum atomic E-state index is 5.34. The first kappa shape index (κ1) is 9.21. The quantitative estimate of drug-likeness (QED) is 0.771. The molecule has 1 N–H and O–H groups in total. The minimum atomic E-state index is 0.623. The Morgan fingerprint density at radius 3 is 2.86 bits per heavy atom. The normalized spacial score (nSPS) is 10.7. The van der Waals surface area contributed by atoms with Crippen LogP contribution in [0.3, 0.4) is 0 Å². The highest BCUT2D eigenvalue weighted by atomic mass is 32.1. The Kier molecular flexibility index (Phi) is 2.25. The lowest BCUT2D eigenvalue weighted by Crippen LogP contribution is -2.02. The van der Waals surface area contributed by atoms with Crippen LogP contribution in [0.15, 0.2) is 16.7 Å². The SMILES string of the molecule is Cc1ccoc1Cn1c(C)n[nH]c1=S. The number of nitrogens with one attached hydrogen (secondary N) is 1. The maximum absolute atomic E-state index is 5.34. The molecule has 0 aliphatic carbocycles. The molecule has 2 heterocycles. The molecular formula is C9H11N3OS. The predicted molar refractivity (Wildman–Crippen MR) is 54.7 cm³/mol. The second-order valence-corrected chi connectivity index (χ2v) is 3.58. The van der Waals surface area contributed by atoms with E-state index in [9.17, 15) is 0 Å². The van der Waals surface area contributed by atoms with Crippen molar-refractivity contribution in [3.63, 3.8) is 0 Å². The highest BCUT2D eigenvalue weighted by Crippen LogP contribution is 2.11. The van der Waals surface area contributed by atoms with E-state index in [-0.39, 0.29) is 0 Å². The largest absolute Gasteiger partial charge is 0.467 e. The Hall–Kier alpha value is -1.36. The summed E-state index contributed by atoms with van der Waals surface area (Å²) in [6.07, 6.45) is 1.68. The van der Waals surface area contributed by atoms with Gasteiger partial charge in [0.2, 0.25) is 0 Å². The van der Waals surface area contributed by atoms with E-state index in [1.165, 1.54) is 0 Å². The molecule has 0 aromatic carbocycles. The van der Waals surface area contributed by atoms with Gasteiger partial charge in [0.1, 0.15) is 11.6 Å². The van der Waals surface area contributed by atoms with Gasteiger partial charge in [-0.25, -0.2) is 0 Å². The predicted octanol–water partition coefficient (Wildman–Crippen LogP) is 2.20. The fraction of sp³-hybridized carbons (Fsp3) is 0.333. The fourth-order valence-electron chi connectivity index (χ4n) is 1.29. The minimum absolute atomic E-state index is 0.623. The molecule has 0 aliphatic rings. The van der Waals surface area contributed by atoms with Gasteiger partial charge >= 0.3 is 0 Å². The van der Waals surface area contributed by atoms with Gasteiger partial charge in [-0.1, -0.05) is 0 Å². The first-order valence-corrected chi connectivity index (χ1v) is 4.74. The molecule has 2 aromatic heterocycles. The van der Waals surface area contributed by atoms with Crippen molar-refractivity contribution >= 4 is 12.2 Å². The summed E-state index contributed by atoms with van der Waals surface area (Å²) in [5.74, 6) is 1.79. The second kappa shape index (κ2) is 3.42. The van der Waals surface area contributed by atoms with Crippen molar-refractivity contribution in [3.05, 3.63) is 34.2 Å². The molecule has 0 unspecified atom stereocenters. The molecule has 74 valence electrons. The smallest absolute Gasteiger partial charge is 0.195 e. The van der Waals surface area contributed by atoms with Crippen LogP contribution in [0, 0.1) is 18.6 Å². The van der Waals surface area contributed by atoms with E-state index in [0.29, 0.717) is 11.3 Å². The molecule has 2 aromatic rings. The zero-order valence-electron chi connectivity index (χ0n) is 8.07. The third-order valence-electron chi connectivity index (χ3n) is 2.22. The zero-order chi connectivity index (χ0) is 10.1. The summed E-state index contributed by atoms with van der Waals surface area (Å²) in [6, 6.07) is 1.94. The molecule has 0 bridgehead atoms. The first-order valence-electron chi connectivity index (χ1n) is 4.33. The molecule has 5 heteroatoms. The van der Waals surface area contributed by atoms with E-state index in [1.807, 2.05) is 24.5 Å². The number of aryl methyl sites for hydroxylation is 2. The molecule has 0 saturated carbocycles. The van der Waals surface area contributed by atoms with E-state index < -0.39 is 0 Å². The topological polar surface area (TPSA) is 46.8 Å². The first-order chi connectivity index (χ1) is 6.68. The number of aromatic nitrogens is 3. The van der Waals surface area contributed by atoms with Crippen LogP contribution >= 0.6 is 12.2 Å². The fourth-order valence-corrected chi connectivity index (χ4v) is 1.53. The minimum Gasteiger partial charge on any atom is -0.467 e. The van der Waals surface area contributed by atoms with Gasteiger partial charge in [0.15, 0.2) is 4.77 Å². The average Bonchev–Trinajstić information content (AvgIpc) is 2.67. The number of nitrogens with zero attached hydrogens (tertiary/aromatic N) is 2. The molecule has 0 amide bonds. The third kappa shape index (κ3) is 1.50. The van der Waals surface area contributed by atoms with E-state index >= 15 is 0 Å². The van der Waals surface area contributed by atoms with Gasteiger partial charge in [0.05, 0.1) is 12.8 Å². The van der Waals surface area contributed by atoms with Crippen LogP contribution in [0.2, 0.25) is 0 Å². The highest BCUT2D eigenvalue weighted by Gasteiger charge is 2.06. The molecule has 0 aliphatic heterocycles. The summed E-state index contributed by atoms with van der Waals surface area (Å²) in [5.41, 5.74) is 1.13. The molecule has 0 radical (unpaired) electrons. The van der Waals surface area contributed by atoms with Gasteiger partial charge in [-0.15, -0.1) is 0 Å². The van der Waals surface area contributed by atoms with Gasteiger partial charge in [-0.05, 0) is 37.7 Å². The molecular weight excluding hydrogens is 198 g/mol. The summed E-state index contributed by atoms with van der Waals surface area (Å²) in [5, 5.41) is 6.77. The number of aromatic amines is 1. The second-order valence-electron chi connectivity index (χ2n) is 3.19. The van der Waals surface area contributed by atoms with Crippen molar-refractivity contribution in [2.24, 2.45) is 0 Å². The standard InChI is InChI=1S/C9H11N3OS/c1-6-3-4-13-8(6)5-12-7(2)10-11-9(12)14/h3-4H,5H2,1-2H3,(H,11,14). The molecule has 14 heavy (non-hydrogen) atoms. The molecule has 2 rings (SSSR count). The Bertz CT molecular complexity index is 494. The summed E-state index contributed by atoms with van der Waals surface area (Å²) in [7, 11) is 0. The third-order valence-corrected chi connectivity index (χ3v) is 2.53. The van der Waals surface area contributed by atoms with Crippen LogP contribution < -0.4 is 0 Å². The van der Waals surface area contributed by atoms with E-state index in [4.69, 9.17) is 16.6 Å². The van der Waals surface area contributed by atoms with Crippen LogP contribution in [-0.2, 0) is 6.54 Å². The summed E-state index contributed by atoms with van der Waals surface area (Å²) in [4.78, 5) is 0. The van der Waals surface area contributed by atoms with Crippen LogP contribution in [0.1, 0.15) is 17.1 Å². The monoisotopic (exact) mass is 209 g/mol. The van der Waals surface area contributed by atoms with E-state index in [0.717, 1.165) is 17.1 Å². The number of furan rings is 1. The van der Waals surface area contributed by atoms with Gasteiger partial charge in [-0.2, -0.15) is 5.10 Å². The molecule has 4 nitrogen and oxygen atoms in total. The van der Waals surface area contributed by atoms with Gasteiger partial charge in [0, 0.05) is 0 Å². The zero-order valence-corrected chi connectivity index (χ0v) is 8.89. The van der Waals surface area contributed by atoms with Gasteiger partial charge in [0.25, 0.3) is 0 Å². The van der Waals surface area contributed by atoms with Gasteiger partial charge < -0.3 is 4.42 Å². The van der Waals surface area contributed by atoms with Crippen molar-refractivity contribution in [2.75, 3.05) is 0 Å². The summed E-state index contributed by atoms with van der Waals surface area (Å²) in [6.45, 7) is 4.56. The van der Waals surface area contributed by atoms with Crippen LogP contribution in [0.5, 0.6) is 0 Å². The lowest BCUT2D eigenvalue weighted by atomic mass is 10.3. The average molecular weight is 209 g/mol. The molecule has 0 spiro atoms. The number of rotatable bonds is 2. The summed E-state index contributed by atoms with van der Waals surface area (Å²) < 4.78 is 7.87. The Morgan fingerprint density at radius 1 is 1.57 bits per heavy atom. The maximum Gasteiger partial charge on any atom is 0.195 e. The highest BCUT2D eigenvalue weighted by molar-refractivity contribution is 7.71.